The minimum Gasteiger partial charge on any atom is -0.444 e. The van der Waals surface area contributed by atoms with Gasteiger partial charge in [0.2, 0.25) is 0 Å². The zero-order valence-corrected chi connectivity index (χ0v) is 16.2. The van der Waals surface area contributed by atoms with Crippen LogP contribution in [0.25, 0.3) is 5.82 Å². The molecule has 10 heteroatoms. The molecule has 2 aromatic heterocycles. The van der Waals surface area contributed by atoms with Gasteiger partial charge in [-0.15, -0.1) is 0 Å². The number of carbonyl (C=O) groups excluding carboxylic acids is 1. The van der Waals surface area contributed by atoms with Gasteiger partial charge in [0.1, 0.15) is 17.7 Å². The average Bonchev–Trinajstić information content (AvgIpc) is 2.90. The highest BCUT2D eigenvalue weighted by atomic mass is 79.9. The van der Waals surface area contributed by atoms with Crippen LogP contribution in [0.4, 0.5) is 9.18 Å². The number of ether oxygens (including phenoxy) is 1. The first-order valence-corrected chi connectivity index (χ1v) is 8.50. The van der Waals surface area contributed by atoms with Gasteiger partial charge in [-0.3, -0.25) is 0 Å². The molecule has 0 unspecified atom stereocenters. The fraction of sp³-hybridized carbons (Fsp3) is 0.375. The van der Waals surface area contributed by atoms with Crippen molar-refractivity contribution >= 4 is 22.0 Å². The number of hydrogen-bond donors (Lipinski definition) is 1. The van der Waals surface area contributed by atoms with Crippen molar-refractivity contribution in [2.45, 2.75) is 32.9 Å². The minimum absolute atomic E-state index is 0.111. The zero-order valence-electron chi connectivity index (χ0n) is 14.6. The van der Waals surface area contributed by atoms with Gasteiger partial charge >= 0.3 is 11.8 Å². The summed E-state index contributed by atoms with van der Waals surface area (Å²) in [6.45, 7) is 4.94. The summed E-state index contributed by atoms with van der Waals surface area (Å²) in [4.78, 5) is 28.1. The van der Waals surface area contributed by atoms with Crippen LogP contribution in [-0.2, 0) is 11.3 Å². The number of carbonyl (C=O) groups is 1. The summed E-state index contributed by atoms with van der Waals surface area (Å²) in [7, 11) is 0. The summed E-state index contributed by atoms with van der Waals surface area (Å²) < 4.78 is 21.3. The largest absolute Gasteiger partial charge is 0.444 e. The van der Waals surface area contributed by atoms with Gasteiger partial charge in [0.05, 0.1) is 12.9 Å². The van der Waals surface area contributed by atoms with E-state index in [1.165, 1.54) is 10.9 Å². The number of amides is 1. The number of pyridine rings is 1. The first-order chi connectivity index (χ1) is 12.2. The van der Waals surface area contributed by atoms with E-state index in [0.717, 1.165) is 9.15 Å². The van der Waals surface area contributed by atoms with Crippen molar-refractivity contribution in [1.82, 2.24) is 24.6 Å². The molecule has 0 fully saturated rings. The average molecular weight is 428 g/mol. The molecule has 0 radical (unpaired) electrons. The van der Waals surface area contributed by atoms with Gasteiger partial charge < -0.3 is 10.1 Å². The smallest absolute Gasteiger partial charge is 0.407 e. The van der Waals surface area contributed by atoms with E-state index in [1.54, 1.807) is 39.1 Å². The number of halogens is 2. The standard InChI is InChI=1S/C16H19BrFN5O3/c1-16(2,3)26-14(24)20-8-11(7-18)9-23-15(25)22(10-21-23)13-6-12(17)4-5-19-13/h4-7,10H,8-9H2,1-3H3,(H,20,24). The molecule has 2 heterocycles. The molecule has 0 saturated heterocycles. The second-order valence-electron chi connectivity index (χ2n) is 6.40. The van der Waals surface area contributed by atoms with E-state index in [4.69, 9.17) is 4.74 Å². The van der Waals surface area contributed by atoms with Crippen LogP contribution in [0.2, 0.25) is 0 Å². The van der Waals surface area contributed by atoms with Crippen LogP contribution in [0.3, 0.4) is 0 Å². The van der Waals surface area contributed by atoms with Crippen LogP contribution in [0.15, 0.2) is 45.8 Å². The first-order valence-electron chi connectivity index (χ1n) is 7.71. The van der Waals surface area contributed by atoms with Gasteiger partial charge in [-0.1, -0.05) is 15.9 Å². The van der Waals surface area contributed by atoms with E-state index in [9.17, 15) is 14.0 Å². The Morgan fingerprint density at radius 1 is 1.46 bits per heavy atom. The zero-order chi connectivity index (χ0) is 19.3. The molecule has 1 N–H and O–H groups in total. The van der Waals surface area contributed by atoms with E-state index < -0.39 is 17.4 Å². The van der Waals surface area contributed by atoms with Gasteiger partial charge in [0.25, 0.3) is 0 Å². The monoisotopic (exact) mass is 427 g/mol. The van der Waals surface area contributed by atoms with Crippen LogP contribution in [-0.4, -0.2) is 37.6 Å². The lowest BCUT2D eigenvalue weighted by Gasteiger charge is -2.19. The fourth-order valence-electron chi connectivity index (χ4n) is 1.95. The number of aromatic nitrogens is 4. The van der Waals surface area contributed by atoms with E-state index in [0.29, 0.717) is 12.1 Å². The van der Waals surface area contributed by atoms with Crippen molar-refractivity contribution in [1.29, 1.82) is 0 Å². The number of alkyl carbamates (subject to hydrolysis) is 1. The molecular weight excluding hydrogens is 409 g/mol. The topological polar surface area (TPSA) is 91.0 Å². The Bertz CT molecular complexity index is 869. The molecule has 0 spiro atoms. The molecule has 0 bridgehead atoms. The fourth-order valence-corrected chi connectivity index (χ4v) is 2.27. The van der Waals surface area contributed by atoms with Gasteiger partial charge in [-0.2, -0.15) is 5.10 Å². The van der Waals surface area contributed by atoms with Crippen LogP contribution < -0.4 is 11.0 Å². The highest BCUT2D eigenvalue weighted by molar-refractivity contribution is 9.10. The maximum atomic E-state index is 13.1. The Balaban J connectivity index is 2.06. The third kappa shape index (κ3) is 5.51. The molecular formula is C16H19BrFN5O3. The normalized spacial score (nSPS) is 12.1. The van der Waals surface area contributed by atoms with Crippen molar-refractivity contribution in [3.05, 3.63) is 51.5 Å². The van der Waals surface area contributed by atoms with Crippen LogP contribution in [0, 0.1) is 0 Å². The van der Waals surface area contributed by atoms with E-state index in [1.807, 2.05) is 0 Å². The predicted molar refractivity (Wildman–Crippen MR) is 96.7 cm³/mol. The lowest BCUT2D eigenvalue weighted by Crippen LogP contribution is -2.34. The molecule has 2 aromatic rings. The molecule has 0 atom stereocenters. The van der Waals surface area contributed by atoms with E-state index >= 15 is 0 Å². The van der Waals surface area contributed by atoms with Crippen LogP contribution >= 0.6 is 15.9 Å². The number of nitrogens with zero attached hydrogens (tertiary/aromatic N) is 4. The van der Waals surface area contributed by atoms with Crippen LogP contribution in [0.5, 0.6) is 0 Å². The summed E-state index contributed by atoms with van der Waals surface area (Å²) >= 11 is 3.30. The van der Waals surface area contributed by atoms with Gasteiger partial charge in [0.15, 0.2) is 0 Å². The highest BCUT2D eigenvalue weighted by Gasteiger charge is 2.16. The second-order valence-corrected chi connectivity index (χ2v) is 7.31. The second kappa shape index (κ2) is 8.26. The molecule has 0 aliphatic rings. The summed E-state index contributed by atoms with van der Waals surface area (Å²) in [5, 5.41) is 6.39. The van der Waals surface area contributed by atoms with Crippen molar-refractivity contribution in [3.63, 3.8) is 0 Å². The predicted octanol–water partition coefficient (Wildman–Crippen LogP) is 2.57. The number of hydrogen-bond acceptors (Lipinski definition) is 5. The first kappa shape index (κ1) is 19.8. The quantitative estimate of drug-likeness (QED) is 0.791. The molecule has 140 valence electrons. The van der Waals surface area contributed by atoms with Crippen molar-refractivity contribution in [2.24, 2.45) is 0 Å². The Labute approximate surface area is 157 Å². The van der Waals surface area contributed by atoms with Gasteiger partial charge in [-0.25, -0.2) is 28.2 Å². The molecule has 0 aliphatic carbocycles. The molecule has 2 rings (SSSR count). The third-order valence-corrected chi connectivity index (χ3v) is 3.55. The summed E-state index contributed by atoms with van der Waals surface area (Å²) in [5.74, 6) is 0.383. The van der Waals surface area contributed by atoms with Gasteiger partial charge in [0, 0.05) is 17.2 Å². The van der Waals surface area contributed by atoms with Crippen molar-refractivity contribution in [2.75, 3.05) is 6.54 Å². The molecule has 0 aliphatic heterocycles. The number of rotatable bonds is 5. The third-order valence-electron chi connectivity index (χ3n) is 3.05. The summed E-state index contributed by atoms with van der Waals surface area (Å²) in [5.41, 5.74) is -0.978. The summed E-state index contributed by atoms with van der Waals surface area (Å²) in [6, 6.07) is 3.38. The maximum absolute atomic E-state index is 13.1. The van der Waals surface area contributed by atoms with E-state index in [-0.39, 0.29) is 18.7 Å². The molecule has 1 amide bonds. The highest BCUT2D eigenvalue weighted by Crippen LogP contribution is 2.11. The Kier molecular flexibility index (Phi) is 6.30. The summed E-state index contributed by atoms with van der Waals surface area (Å²) in [6.07, 6.45) is 2.50. The maximum Gasteiger partial charge on any atom is 0.407 e. The lowest BCUT2D eigenvalue weighted by atomic mass is 10.2. The minimum atomic E-state index is -0.673. The Morgan fingerprint density at radius 2 is 2.19 bits per heavy atom. The molecule has 8 nitrogen and oxygen atoms in total. The van der Waals surface area contributed by atoms with Crippen LogP contribution in [0.1, 0.15) is 20.8 Å². The SMILES string of the molecule is CC(C)(C)OC(=O)NCC(=CF)Cn1ncn(-c2cc(Br)ccn2)c1=O. The Morgan fingerprint density at radius 3 is 2.81 bits per heavy atom. The van der Waals surface area contributed by atoms with Crippen molar-refractivity contribution < 1.29 is 13.9 Å². The molecule has 0 saturated carbocycles. The lowest BCUT2D eigenvalue weighted by molar-refractivity contribution is 0.0532. The number of nitrogens with one attached hydrogen (secondary N) is 1. The Hall–Kier alpha value is -2.49. The molecule has 26 heavy (non-hydrogen) atoms. The van der Waals surface area contributed by atoms with Gasteiger partial charge in [-0.05, 0) is 38.5 Å². The molecule has 0 aromatic carbocycles. The van der Waals surface area contributed by atoms with E-state index in [2.05, 4.69) is 31.3 Å². The van der Waals surface area contributed by atoms with Crippen molar-refractivity contribution in [3.8, 4) is 5.82 Å².